The second-order valence-corrected chi connectivity index (χ2v) is 5.79. The Bertz CT molecular complexity index is 838. The smallest absolute Gasteiger partial charge is 0.255 e. The van der Waals surface area contributed by atoms with E-state index in [2.05, 4.69) is 46.7 Å². The minimum Gasteiger partial charge on any atom is -0.352 e. The van der Waals surface area contributed by atoms with Gasteiger partial charge in [-0.05, 0) is 37.6 Å². The molecule has 0 bridgehead atoms. The standard InChI is InChI=1S/C18H21N5O/c1-13-5-7-14(8-6-13)12-16-21-22-17-15(4-2-11-23(16)17)18(24)20-10-3-9-19/h2,4-8,11H,3,9-10,12,19H2,1H3,(H,20,24). The maximum Gasteiger partial charge on any atom is 0.255 e. The first-order chi connectivity index (χ1) is 11.7. The SMILES string of the molecule is Cc1ccc(Cc2nnc3c(C(=O)NCCCN)cccn23)cc1. The van der Waals surface area contributed by atoms with E-state index in [0.29, 0.717) is 30.7 Å². The van der Waals surface area contributed by atoms with E-state index in [4.69, 9.17) is 5.73 Å². The summed E-state index contributed by atoms with van der Waals surface area (Å²) in [7, 11) is 0. The van der Waals surface area contributed by atoms with Gasteiger partial charge in [0.05, 0.1) is 5.56 Å². The summed E-state index contributed by atoms with van der Waals surface area (Å²) >= 11 is 0. The highest BCUT2D eigenvalue weighted by Crippen LogP contribution is 2.14. The first-order valence-electron chi connectivity index (χ1n) is 8.05. The maximum atomic E-state index is 12.3. The molecule has 0 aliphatic carbocycles. The highest BCUT2D eigenvalue weighted by Gasteiger charge is 2.14. The fourth-order valence-corrected chi connectivity index (χ4v) is 2.55. The molecule has 0 aliphatic heterocycles. The number of nitrogens with one attached hydrogen (secondary N) is 1. The number of pyridine rings is 1. The molecule has 24 heavy (non-hydrogen) atoms. The molecule has 0 saturated carbocycles. The van der Waals surface area contributed by atoms with Gasteiger partial charge in [0, 0.05) is 19.2 Å². The van der Waals surface area contributed by atoms with Crippen LogP contribution in [0, 0.1) is 6.92 Å². The van der Waals surface area contributed by atoms with Gasteiger partial charge in [0.2, 0.25) is 0 Å². The van der Waals surface area contributed by atoms with Gasteiger partial charge in [0.25, 0.3) is 5.91 Å². The summed E-state index contributed by atoms with van der Waals surface area (Å²) in [6, 6.07) is 11.9. The second kappa shape index (κ2) is 7.23. The summed E-state index contributed by atoms with van der Waals surface area (Å²) in [4.78, 5) is 12.3. The third kappa shape index (κ3) is 3.44. The predicted octanol–water partition coefficient (Wildman–Crippen LogP) is 1.71. The zero-order valence-electron chi connectivity index (χ0n) is 13.7. The lowest BCUT2D eigenvalue weighted by molar-refractivity contribution is 0.0954. The molecule has 2 heterocycles. The molecule has 124 valence electrons. The Hall–Kier alpha value is -2.73. The topological polar surface area (TPSA) is 85.3 Å². The van der Waals surface area contributed by atoms with Gasteiger partial charge in [-0.1, -0.05) is 29.8 Å². The minimum absolute atomic E-state index is 0.150. The van der Waals surface area contributed by atoms with Gasteiger partial charge >= 0.3 is 0 Å². The van der Waals surface area contributed by atoms with Crippen molar-refractivity contribution in [1.82, 2.24) is 19.9 Å². The van der Waals surface area contributed by atoms with E-state index in [-0.39, 0.29) is 5.91 Å². The maximum absolute atomic E-state index is 12.3. The van der Waals surface area contributed by atoms with Gasteiger partial charge in [0.15, 0.2) is 5.65 Å². The summed E-state index contributed by atoms with van der Waals surface area (Å²) in [5, 5.41) is 11.3. The second-order valence-electron chi connectivity index (χ2n) is 5.79. The van der Waals surface area contributed by atoms with Gasteiger partial charge in [-0.15, -0.1) is 10.2 Å². The first-order valence-corrected chi connectivity index (χ1v) is 8.05. The average molecular weight is 323 g/mol. The van der Waals surface area contributed by atoms with Gasteiger partial charge in [0.1, 0.15) is 5.82 Å². The Labute approximate surface area is 140 Å². The van der Waals surface area contributed by atoms with E-state index in [0.717, 1.165) is 17.8 Å². The molecule has 0 spiro atoms. The number of carbonyl (C=O) groups excluding carboxylic acids is 1. The highest BCUT2D eigenvalue weighted by atomic mass is 16.1. The Balaban J connectivity index is 1.86. The lowest BCUT2D eigenvalue weighted by Crippen LogP contribution is -2.26. The van der Waals surface area contributed by atoms with Crippen molar-refractivity contribution in [2.24, 2.45) is 5.73 Å². The number of fused-ring (bicyclic) bond motifs is 1. The molecular formula is C18H21N5O. The Morgan fingerprint density at radius 1 is 1.21 bits per heavy atom. The van der Waals surface area contributed by atoms with Crippen molar-refractivity contribution < 1.29 is 4.79 Å². The van der Waals surface area contributed by atoms with Gasteiger partial charge in [-0.3, -0.25) is 9.20 Å². The summed E-state index contributed by atoms with van der Waals surface area (Å²) in [5.74, 6) is 0.661. The van der Waals surface area contributed by atoms with Crippen LogP contribution in [0.25, 0.3) is 5.65 Å². The Kier molecular flexibility index (Phi) is 4.86. The third-order valence-electron chi connectivity index (χ3n) is 3.90. The number of hydrogen-bond acceptors (Lipinski definition) is 4. The van der Waals surface area contributed by atoms with Crippen LogP contribution in [0.1, 0.15) is 33.7 Å². The van der Waals surface area contributed by atoms with Crippen LogP contribution in [0.3, 0.4) is 0 Å². The van der Waals surface area contributed by atoms with Crippen LogP contribution < -0.4 is 11.1 Å². The number of hydrogen-bond donors (Lipinski definition) is 2. The van der Waals surface area contributed by atoms with Gasteiger partial charge in [-0.25, -0.2) is 0 Å². The molecule has 6 nitrogen and oxygen atoms in total. The van der Waals surface area contributed by atoms with E-state index in [1.54, 1.807) is 6.07 Å². The zero-order valence-corrected chi connectivity index (χ0v) is 13.7. The molecule has 1 aromatic carbocycles. The van der Waals surface area contributed by atoms with E-state index in [9.17, 15) is 4.79 Å². The fourth-order valence-electron chi connectivity index (χ4n) is 2.55. The molecule has 1 amide bonds. The summed E-state index contributed by atoms with van der Waals surface area (Å²) in [6.07, 6.45) is 3.30. The predicted molar refractivity (Wildman–Crippen MR) is 93.0 cm³/mol. The number of benzene rings is 1. The van der Waals surface area contributed by atoms with Crippen molar-refractivity contribution in [1.29, 1.82) is 0 Å². The van der Waals surface area contributed by atoms with Gasteiger partial charge in [-0.2, -0.15) is 0 Å². The number of nitrogens with zero attached hydrogens (tertiary/aromatic N) is 3. The quantitative estimate of drug-likeness (QED) is 0.676. The molecule has 0 saturated heterocycles. The van der Waals surface area contributed by atoms with E-state index in [1.807, 2.05) is 16.7 Å². The van der Waals surface area contributed by atoms with E-state index in [1.165, 1.54) is 5.56 Å². The Morgan fingerprint density at radius 3 is 2.75 bits per heavy atom. The van der Waals surface area contributed by atoms with Crippen molar-refractivity contribution in [2.75, 3.05) is 13.1 Å². The molecule has 0 unspecified atom stereocenters. The summed E-state index contributed by atoms with van der Waals surface area (Å²) in [6.45, 7) is 3.17. The van der Waals surface area contributed by atoms with Crippen molar-refractivity contribution in [3.63, 3.8) is 0 Å². The molecule has 0 aliphatic rings. The summed E-state index contributed by atoms with van der Waals surface area (Å²) in [5.41, 5.74) is 8.93. The number of aryl methyl sites for hydroxylation is 1. The molecule has 3 rings (SSSR count). The van der Waals surface area contributed by atoms with Crippen LogP contribution in [0.15, 0.2) is 42.6 Å². The number of amides is 1. The van der Waals surface area contributed by atoms with Crippen molar-refractivity contribution >= 4 is 11.6 Å². The fraction of sp³-hybridized carbons (Fsp3) is 0.278. The molecule has 2 aromatic heterocycles. The van der Waals surface area contributed by atoms with Crippen LogP contribution in [0.2, 0.25) is 0 Å². The molecular weight excluding hydrogens is 302 g/mol. The monoisotopic (exact) mass is 323 g/mol. The van der Waals surface area contributed by atoms with Gasteiger partial charge < -0.3 is 11.1 Å². The minimum atomic E-state index is -0.150. The molecule has 3 N–H and O–H groups in total. The van der Waals surface area contributed by atoms with Crippen LogP contribution in [0.4, 0.5) is 0 Å². The van der Waals surface area contributed by atoms with Crippen LogP contribution >= 0.6 is 0 Å². The molecule has 3 aromatic rings. The normalized spacial score (nSPS) is 10.9. The Morgan fingerprint density at radius 2 is 2.00 bits per heavy atom. The first kappa shape index (κ1) is 16.1. The van der Waals surface area contributed by atoms with Crippen molar-refractivity contribution in [3.8, 4) is 0 Å². The number of rotatable bonds is 6. The van der Waals surface area contributed by atoms with Crippen molar-refractivity contribution in [3.05, 3.63) is 65.1 Å². The molecule has 0 fully saturated rings. The lowest BCUT2D eigenvalue weighted by Gasteiger charge is -2.06. The third-order valence-corrected chi connectivity index (χ3v) is 3.90. The average Bonchev–Trinajstić information content (AvgIpc) is 3.00. The molecule has 0 radical (unpaired) electrons. The van der Waals surface area contributed by atoms with Crippen molar-refractivity contribution in [2.45, 2.75) is 19.8 Å². The summed E-state index contributed by atoms with van der Waals surface area (Å²) < 4.78 is 1.87. The van der Waals surface area contributed by atoms with Crippen LogP contribution in [-0.4, -0.2) is 33.6 Å². The molecule has 6 heteroatoms. The zero-order chi connectivity index (χ0) is 16.9. The number of nitrogens with two attached hydrogens (primary N) is 1. The van der Waals surface area contributed by atoms with E-state index >= 15 is 0 Å². The van der Waals surface area contributed by atoms with Crippen LogP contribution in [-0.2, 0) is 6.42 Å². The van der Waals surface area contributed by atoms with E-state index < -0.39 is 0 Å². The number of carbonyl (C=O) groups is 1. The highest BCUT2D eigenvalue weighted by molar-refractivity contribution is 5.99. The van der Waals surface area contributed by atoms with Crippen LogP contribution in [0.5, 0.6) is 0 Å². The molecule has 0 atom stereocenters. The number of aromatic nitrogens is 3. The lowest BCUT2D eigenvalue weighted by atomic mass is 10.1. The largest absolute Gasteiger partial charge is 0.352 e.